The molecule has 1 heterocycles. The van der Waals surface area contributed by atoms with E-state index < -0.39 is 6.04 Å². The molecule has 94 valence electrons. The molecule has 4 nitrogen and oxygen atoms in total. The van der Waals surface area contributed by atoms with Crippen molar-refractivity contribution in [2.24, 2.45) is 0 Å². The number of rotatable bonds is 3. The summed E-state index contributed by atoms with van der Waals surface area (Å²) in [5.41, 5.74) is 1.68. The first-order valence-corrected chi connectivity index (χ1v) is 6.06. The van der Waals surface area contributed by atoms with Gasteiger partial charge in [0.25, 0.3) is 5.56 Å². The van der Waals surface area contributed by atoms with E-state index in [1.54, 1.807) is 25.3 Å². The minimum atomic E-state index is -0.450. The molecule has 0 saturated carbocycles. The maximum absolute atomic E-state index is 12.2. The van der Waals surface area contributed by atoms with Crippen LogP contribution in [-0.4, -0.2) is 15.3 Å². The van der Waals surface area contributed by atoms with Crippen LogP contribution < -0.4 is 5.56 Å². The van der Waals surface area contributed by atoms with Crippen LogP contribution in [0.1, 0.15) is 32.0 Å². The molecule has 0 aliphatic rings. The molecule has 0 amide bonds. The normalized spacial score (nSPS) is 12.6. The molecule has 0 spiro atoms. The molecule has 1 aromatic heterocycles. The Hall–Kier alpha value is -1.97. The minimum absolute atomic E-state index is 0.0489. The number of aryl methyl sites for hydroxylation is 1. The molecular weight excluding hydrogens is 228 g/mol. The van der Waals surface area contributed by atoms with Gasteiger partial charge in [0.1, 0.15) is 5.69 Å². The average molecular weight is 244 g/mol. The first-order valence-electron chi connectivity index (χ1n) is 6.06. The van der Waals surface area contributed by atoms with Crippen molar-refractivity contribution in [2.75, 3.05) is 0 Å². The highest BCUT2D eigenvalue weighted by Gasteiger charge is 2.18. The molecule has 1 unspecified atom stereocenters. The lowest BCUT2D eigenvalue weighted by Gasteiger charge is -2.16. The summed E-state index contributed by atoms with van der Waals surface area (Å²) in [6.45, 7) is 5.24. The Labute approximate surface area is 105 Å². The largest absolute Gasteiger partial charge is 0.297 e. The topological polar surface area (TPSA) is 52.0 Å². The van der Waals surface area contributed by atoms with Gasteiger partial charge in [-0.3, -0.25) is 14.2 Å². The van der Waals surface area contributed by atoms with Gasteiger partial charge < -0.3 is 0 Å². The zero-order valence-electron chi connectivity index (χ0n) is 10.8. The van der Waals surface area contributed by atoms with E-state index in [2.05, 4.69) is 4.98 Å². The van der Waals surface area contributed by atoms with Crippen LogP contribution >= 0.6 is 0 Å². The van der Waals surface area contributed by atoms with Crippen LogP contribution in [-0.2, 0) is 4.79 Å². The SMILES string of the molecule is CCC(=O)C(C)n1c(=O)c(C)nc2ccccc21. The van der Waals surface area contributed by atoms with Crippen molar-refractivity contribution in [3.63, 3.8) is 0 Å². The second-order valence-electron chi connectivity index (χ2n) is 4.36. The molecule has 0 radical (unpaired) electrons. The van der Waals surface area contributed by atoms with Crippen molar-refractivity contribution < 1.29 is 4.79 Å². The third kappa shape index (κ3) is 1.94. The van der Waals surface area contributed by atoms with Crippen LogP contribution in [0.15, 0.2) is 29.1 Å². The third-order valence-corrected chi connectivity index (χ3v) is 3.16. The quantitative estimate of drug-likeness (QED) is 0.832. The monoisotopic (exact) mass is 244 g/mol. The summed E-state index contributed by atoms with van der Waals surface area (Å²) in [7, 11) is 0. The van der Waals surface area contributed by atoms with Gasteiger partial charge in [-0.1, -0.05) is 19.1 Å². The second-order valence-corrected chi connectivity index (χ2v) is 4.36. The van der Waals surface area contributed by atoms with Gasteiger partial charge in [-0.25, -0.2) is 4.98 Å². The number of hydrogen-bond donors (Lipinski definition) is 0. The lowest BCUT2D eigenvalue weighted by molar-refractivity contribution is -0.121. The van der Waals surface area contributed by atoms with E-state index in [4.69, 9.17) is 0 Å². The zero-order valence-corrected chi connectivity index (χ0v) is 10.8. The van der Waals surface area contributed by atoms with Gasteiger partial charge in [-0.05, 0) is 26.0 Å². The van der Waals surface area contributed by atoms with Crippen LogP contribution in [0.25, 0.3) is 11.0 Å². The lowest BCUT2D eigenvalue weighted by Crippen LogP contribution is -2.30. The van der Waals surface area contributed by atoms with Crippen LogP contribution in [0.3, 0.4) is 0 Å². The van der Waals surface area contributed by atoms with Gasteiger partial charge in [0.2, 0.25) is 0 Å². The fraction of sp³-hybridized carbons (Fsp3) is 0.357. The van der Waals surface area contributed by atoms with Gasteiger partial charge in [0.05, 0.1) is 17.1 Å². The van der Waals surface area contributed by atoms with Crippen LogP contribution in [0.5, 0.6) is 0 Å². The smallest absolute Gasteiger partial charge is 0.273 e. The van der Waals surface area contributed by atoms with Gasteiger partial charge in [0, 0.05) is 6.42 Å². The summed E-state index contributed by atoms with van der Waals surface area (Å²) in [4.78, 5) is 28.3. The van der Waals surface area contributed by atoms with E-state index in [1.165, 1.54) is 0 Å². The number of carbonyl (C=O) groups excluding carboxylic acids is 1. The minimum Gasteiger partial charge on any atom is -0.297 e. The highest BCUT2D eigenvalue weighted by Crippen LogP contribution is 2.16. The summed E-state index contributed by atoms with van der Waals surface area (Å²) < 4.78 is 1.55. The predicted octanol–water partition coefficient (Wildman–Crippen LogP) is 2.25. The van der Waals surface area contributed by atoms with Gasteiger partial charge in [-0.15, -0.1) is 0 Å². The molecule has 0 N–H and O–H groups in total. The van der Waals surface area contributed by atoms with Crippen molar-refractivity contribution in [3.8, 4) is 0 Å². The van der Waals surface area contributed by atoms with E-state index in [-0.39, 0.29) is 11.3 Å². The van der Waals surface area contributed by atoms with Crippen molar-refractivity contribution in [1.82, 2.24) is 9.55 Å². The van der Waals surface area contributed by atoms with Gasteiger partial charge in [0.15, 0.2) is 5.78 Å². The van der Waals surface area contributed by atoms with Crippen molar-refractivity contribution in [2.45, 2.75) is 33.2 Å². The summed E-state index contributed by atoms with van der Waals surface area (Å²) in [6, 6.07) is 6.94. The highest BCUT2D eigenvalue weighted by atomic mass is 16.1. The molecule has 0 bridgehead atoms. The second kappa shape index (κ2) is 4.72. The van der Waals surface area contributed by atoms with E-state index in [0.29, 0.717) is 17.6 Å². The summed E-state index contributed by atoms with van der Waals surface area (Å²) in [6.07, 6.45) is 0.420. The average Bonchev–Trinajstić information content (AvgIpc) is 2.38. The number of carbonyl (C=O) groups is 1. The molecule has 0 aliphatic carbocycles. The first kappa shape index (κ1) is 12.5. The maximum atomic E-state index is 12.2. The predicted molar refractivity (Wildman–Crippen MR) is 70.7 cm³/mol. The number of hydrogen-bond acceptors (Lipinski definition) is 3. The maximum Gasteiger partial charge on any atom is 0.273 e. The summed E-state index contributed by atoms with van der Waals surface area (Å²) in [5, 5.41) is 0. The number of benzene rings is 1. The number of aromatic nitrogens is 2. The Morgan fingerprint density at radius 1 is 1.39 bits per heavy atom. The van der Waals surface area contributed by atoms with E-state index in [9.17, 15) is 9.59 Å². The van der Waals surface area contributed by atoms with Gasteiger partial charge in [-0.2, -0.15) is 0 Å². The lowest BCUT2D eigenvalue weighted by atomic mass is 10.1. The number of para-hydroxylation sites is 2. The zero-order chi connectivity index (χ0) is 13.3. The molecule has 4 heteroatoms. The summed E-state index contributed by atoms with van der Waals surface area (Å²) in [5.74, 6) is 0.0489. The van der Waals surface area contributed by atoms with Crippen molar-refractivity contribution >= 4 is 16.8 Å². The number of ketones is 1. The first-order chi connectivity index (χ1) is 8.56. The standard InChI is InChI=1S/C14H16N2O2/c1-4-13(17)10(3)16-12-8-6-5-7-11(12)15-9(2)14(16)18/h5-8,10H,4H2,1-3H3. The fourth-order valence-electron chi connectivity index (χ4n) is 2.10. The molecule has 1 atom stereocenters. The Bertz CT molecular complexity index is 658. The van der Waals surface area contributed by atoms with Crippen LogP contribution in [0, 0.1) is 6.92 Å². The van der Waals surface area contributed by atoms with Crippen LogP contribution in [0.2, 0.25) is 0 Å². The fourth-order valence-corrected chi connectivity index (χ4v) is 2.10. The molecular formula is C14H16N2O2. The molecule has 0 saturated heterocycles. The third-order valence-electron chi connectivity index (χ3n) is 3.16. The van der Waals surface area contributed by atoms with Crippen molar-refractivity contribution in [1.29, 1.82) is 0 Å². The van der Waals surface area contributed by atoms with Crippen molar-refractivity contribution in [3.05, 3.63) is 40.3 Å². The molecule has 2 aromatic rings. The molecule has 2 rings (SSSR count). The Kier molecular flexibility index (Phi) is 3.28. The van der Waals surface area contributed by atoms with Gasteiger partial charge >= 0.3 is 0 Å². The molecule has 0 aliphatic heterocycles. The number of fused-ring (bicyclic) bond motifs is 1. The highest BCUT2D eigenvalue weighted by molar-refractivity contribution is 5.84. The molecule has 0 fully saturated rings. The number of Topliss-reactive ketones (excluding diaryl/α,β-unsaturated/α-hetero) is 1. The Morgan fingerprint density at radius 3 is 2.72 bits per heavy atom. The van der Waals surface area contributed by atoms with Crippen LogP contribution in [0.4, 0.5) is 0 Å². The van der Waals surface area contributed by atoms with E-state index in [0.717, 1.165) is 5.52 Å². The van der Waals surface area contributed by atoms with E-state index in [1.807, 2.05) is 24.3 Å². The summed E-state index contributed by atoms with van der Waals surface area (Å²) >= 11 is 0. The van der Waals surface area contributed by atoms with E-state index >= 15 is 0 Å². The Morgan fingerprint density at radius 2 is 2.06 bits per heavy atom. The Balaban J connectivity index is 2.79. The number of nitrogens with zero attached hydrogens (tertiary/aromatic N) is 2. The molecule has 1 aromatic carbocycles. The molecule has 18 heavy (non-hydrogen) atoms.